The molecule has 0 saturated carbocycles. The molecule has 3 aromatic rings. The van der Waals surface area contributed by atoms with Crippen molar-refractivity contribution in [1.29, 1.82) is 0 Å². The number of anilines is 1. The number of hydrogen-bond acceptors (Lipinski definition) is 7. The average Bonchev–Trinajstić information content (AvgIpc) is 3.14. The molecule has 0 unspecified atom stereocenters. The molecule has 0 radical (unpaired) electrons. The van der Waals surface area contributed by atoms with Crippen LogP contribution in [0.3, 0.4) is 0 Å². The normalized spacial score (nSPS) is 11.4. The highest BCUT2D eigenvalue weighted by atomic mass is 35.5. The van der Waals surface area contributed by atoms with E-state index in [1.54, 1.807) is 13.2 Å². The maximum absolute atomic E-state index is 13.1. The number of carbonyl (C=O) groups is 1. The number of aromatic nitrogens is 1. The second-order valence-corrected chi connectivity index (χ2v) is 10.7. The number of hydrogen-bond donors (Lipinski definition) is 0. The summed E-state index contributed by atoms with van der Waals surface area (Å²) in [6.45, 7) is 1.11. The molecule has 0 aliphatic heterocycles. The lowest BCUT2D eigenvalue weighted by molar-refractivity contribution is -0.116. The minimum Gasteiger partial charge on any atom is -0.494 e. The van der Waals surface area contributed by atoms with Gasteiger partial charge < -0.3 is 9.64 Å². The number of methoxy groups -OCH3 is 1. The molecule has 2 aromatic carbocycles. The van der Waals surface area contributed by atoms with Gasteiger partial charge in [0.15, 0.2) is 15.0 Å². The molecule has 0 aliphatic rings. The number of benzene rings is 2. The van der Waals surface area contributed by atoms with Crippen LogP contribution in [0.15, 0.2) is 47.4 Å². The fourth-order valence-electron chi connectivity index (χ4n) is 3.03. The lowest BCUT2D eigenvalue weighted by Gasteiger charge is -2.21. The molecule has 174 valence electrons. The Kier molecular flexibility index (Phi) is 9.29. The molecule has 0 saturated heterocycles. The molecule has 0 fully saturated rings. The number of amides is 1. The van der Waals surface area contributed by atoms with Gasteiger partial charge in [0, 0.05) is 11.6 Å². The number of halogens is 2. The molecule has 1 aromatic heterocycles. The highest BCUT2D eigenvalue weighted by Crippen LogP contribution is 2.34. The topological polar surface area (TPSA) is 79.8 Å². The molecule has 0 bridgehead atoms. The molecule has 1 heterocycles. The molecule has 7 nitrogen and oxygen atoms in total. The summed E-state index contributed by atoms with van der Waals surface area (Å²) in [6.07, 6.45) is 0.673. The number of nitrogens with zero attached hydrogens (tertiary/aromatic N) is 3. The van der Waals surface area contributed by atoms with Gasteiger partial charge in [-0.2, -0.15) is 0 Å². The van der Waals surface area contributed by atoms with Crippen LogP contribution in [0, 0.1) is 0 Å². The van der Waals surface area contributed by atoms with E-state index in [1.807, 2.05) is 31.1 Å². The second-order valence-electron chi connectivity index (χ2n) is 7.22. The maximum Gasteiger partial charge on any atom is 0.244 e. The lowest BCUT2D eigenvalue weighted by atomic mass is 10.3. The lowest BCUT2D eigenvalue weighted by Crippen LogP contribution is -2.37. The van der Waals surface area contributed by atoms with E-state index in [2.05, 4.69) is 4.98 Å². The van der Waals surface area contributed by atoms with E-state index in [-0.39, 0.29) is 17.3 Å². The quantitative estimate of drug-likeness (QED) is 0.424. The van der Waals surface area contributed by atoms with Gasteiger partial charge in [-0.25, -0.2) is 13.4 Å². The third-order valence-electron chi connectivity index (χ3n) is 4.60. The fourth-order valence-corrected chi connectivity index (χ4v) is 5.38. The minimum absolute atomic E-state index is 0. The van der Waals surface area contributed by atoms with Crippen molar-refractivity contribution < 1.29 is 17.9 Å². The van der Waals surface area contributed by atoms with Gasteiger partial charge in [-0.3, -0.25) is 9.69 Å². The van der Waals surface area contributed by atoms with Crippen molar-refractivity contribution in [3.05, 3.63) is 47.5 Å². The van der Waals surface area contributed by atoms with E-state index in [4.69, 9.17) is 16.3 Å². The number of sulfone groups is 1. The van der Waals surface area contributed by atoms with E-state index in [0.717, 1.165) is 11.2 Å². The predicted octanol–water partition coefficient (Wildman–Crippen LogP) is 4.14. The van der Waals surface area contributed by atoms with Gasteiger partial charge in [0.2, 0.25) is 5.91 Å². The SMILES string of the molecule is COc1cccc2sc(N(CCCN(C)C)C(=O)CS(=O)(=O)c3ccc(Cl)cc3)nc12.Cl. The van der Waals surface area contributed by atoms with E-state index in [9.17, 15) is 13.2 Å². The van der Waals surface area contributed by atoms with Crippen LogP contribution >= 0.6 is 35.3 Å². The Morgan fingerprint density at radius 1 is 1.12 bits per heavy atom. The standard InChI is InChI=1S/C21H24ClN3O4S2.ClH/c1-24(2)12-5-13-25(21-23-20-17(29-3)6-4-7-18(20)30-21)19(26)14-31(27,28)16-10-8-15(22)9-11-16;/h4,6-11H,5,12-14H2,1-3H3;1H. The van der Waals surface area contributed by atoms with Gasteiger partial charge in [0.25, 0.3) is 0 Å². The minimum atomic E-state index is -3.82. The summed E-state index contributed by atoms with van der Waals surface area (Å²) >= 11 is 7.19. The molecule has 0 spiro atoms. The van der Waals surface area contributed by atoms with Crippen LogP contribution in [0.1, 0.15) is 6.42 Å². The average molecular weight is 518 g/mol. The molecule has 0 aliphatic carbocycles. The summed E-state index contributed by atoms with van der Waals surface area (Å²) in [5.41, 5.74) is 0.649. The zero-order valence-electron chi connectivity index (χ0n) is 17.9. The molecule has 3 rings (SSSR count). The summed E-state index contributed by atoms with van der Waals surface area (Å²) in [4.78, 5) is 21.3. The summed E-state index contributed by atoms with van der Waals surface area (Å²) in [6, 6.07) is 11.3. The van der Waals surface area contributed by atoms with Crippen LogP contribution < -0.4 is 9.64 Å². The van der Waals surface area contributed by atoms with E-state index < -0.39 is 21.5 Å². The first-order valence-electron chi connectivity index (χ1n) is 9.58. The zero-order valence-corrected chi connectivity index (χ0v) is 21.2. The van der Waals surface area contributed by atoms with Crippen LogP contribution in [0.5, 0.6) is 5.75 Å². The van der Waals surface area contributed by atoms with E-state index >= 15 is 0 Å². The Balaban J connectivity index is 0.00000363. The van der Waals surface area contributed by atoms with Gasteiger partial charge in [-0.15, -0.1) is 12.4 Å². The monoisotopic (exact) mass is 517 g/mol. The highest BCUT2D eigenvalue weighted by molar-refractivity contribution is 7.92. The Bertz CT molecular complexity index is 1170. The number of carbonyl (C=O) groups excluding carboxylic acids is 1. The fraction of sp³-hybridized carbons (Fsp3) is 0.333. The summed E-state index contributed by atoms with van der Waals surface area (Å²) in [5, 5.41) is 0.883. The van der Waals surface area contributed by atoms with Crippen molar-refractivity contribution in [2.24, 2.45) is 0 Å². The predicted molar refractivity (Wildman–Crippen MR) is 132 cm³/mol. The van der Waals surface area contributed by atoms with Crippen molar-refractivity contribution in [1.82, 2.24) is 9.88 Å². The van der Waals surface area contributed by atoms with Crippen molar-refractivity contribution in [3.8, 4) is 5.75 Å². The van der Waals surface area contributed by atoms with Crippen molar-refractivity contribution in [2.75, 3.05) is 44.9 Å². The first-order valence-corrected chi connectivity index (χ1v) is 12.4. The molecule has 32 heavy (non-hydrogen) atoms. The Morgan fingerprint density at radius 3 is 2.44 bits per heavy atom. The largest absolute Gasteiger partial charge is 0.494 e. The van der Waals surface area contributed by atoms with Crippen molar-refractivity contribution in [2.45, 2.75) is 11.3 Å². The Morgan fingerprint density at radius 2 is 1.81 bits per heavy atom. The molecular weight excluding hydrogens is 493 g/mol. The Labute approximate surface area is 203 Å². The van der Waals surface area contributed by atoms with Crippen LogP contribution in [0.4, 0.5) is 5.13 Å². The third kappa shape index (κ3) is 6.32. The van der Waals surface area contributed by atoms with Gasteiger partial charge in [0.1, 0.15) is 17.0 Å². The van der Waals surface area contributed by atoms with Crippen molar-refractivity contribution in [3.63, 3.8) is 0 Å². The summed E-state index contributed by atoms with van der Waals surface area (Å²) in [7, 11) is 1.63. The number of para-hydroxylation sites is 1. The second kappa shape index (κ2) is 11.3. The molecule has 1 amide bonds. The van der Waals surface area contributed by atoms with Crippen molar-refractivity contribution >= 4 is 66.4 Å². The van der Waals surface area contributed by atoms with Crippen LogP contribution in [0.2, 0.25) is 5.02 Å². The molecule has 0 N–H and O–H groups in total. The molecule has 11 heteroatoms. The van der Waals surface area contributed by atoms with E-state index in [1.165, 1.54) is 40.5 Å². The molecular formula is C21H25Cl2N3O4S2. The van der Waals surface area contributed by atoms with Crippen LogP contribution in [0.25, 0.3) is 10.2 Å². The smallest absolute Gasteiger partial charge is 0.244 e. The molecule has 0 atom stereocenters. The zero-order chi connectivity index (χ0) is 22.6. The number of fused-ring (bicyclic) bond motifs is 1. The third-order valence-corrected chi connectivity index (χ3v) is 7.51. The van der Waals surface area contributed by atoms with Gasteiger partial charge in [-0.05, 0) is 63.5 Å². The number of rotatable bonds is 9. The first kappa shape index (κ1) is 26.3. The summed E-state index contributed by atoms with van der Waals surface area (Å²) < 4.78 is 31.8. The number of ether oxygens (including phenoxy) is 1. The highest BCUT2D eigenvalue weighted by Gasteiger charge is 2.27. The van der Waals surface area contributed by atoms with Gasteiger partial charge in [-0.1, -0.05) is 29.0 Å². The van der Waals surface area contributed by atoms with Crippen LogP contribution in [-0.4, -0.2) is 64.3 Å². The maximum atomic E-state index is 13.1. The van der Waals surface area contributed by atoms with E-state index in [0.29, 0.717) is 34.4 Å². The first-order chi connectivity index (χ1) is 14.7. The number of thiazole rings is 1. The van der Waals surface area contributed by atoms with Gasteiger partial charge in [0.05, 0.1) is 16.7 Å². The Hall–Kier alpha value is -1.91. The van der Waals surface area contributed by atoms with Crippen LogP contribution in [-0.2, 0) is 14.6 Å². The summed E-state index contributed by atoms with van der Waals surface area (Å²) in [5.74, 6) is -0.565. The van der Waals surface area contributed by atoms with Gasteiger partial charge >= 0.3 is 0 Å².